The second-order valence-corrected chi connectivity index (χ2v) is 5.26. The summed E-state index contributed by atoms with van der Waals surface area (Å²) in [4.78, 5) is 24.2. The summed E-state index contributed by atoms with van der Waals surface area (Å²) in [5.41, 5.74) is 2.81. The Morgan fingerprint density at radius 2 is 2.25 bits per heavy atom. The van der Waals surface area contributed by atoms with Crippen molar-refractivity contribution in [3.63, 3.8) is 0 Å². The lowest BCUT2D eigenvalue weighted by Crippen LogP contribution is -2.37. The van der Waals surface area contributed by atoms with Gasteiger partial charge in [-0.15, -0.1) is 0 Å². The molecule has 1 unspecified atom stereocenters. The number of hydrogen-bond acceptors (Lipinski definition) is 6. The summed E-state index contributed by atoms with van der Waals surface area (Å²) in [5.74, 6) is 5.83. The number of non-ortho nitro benzene ring substituents is 1. The smallest absolute Gasteiger partial charge is 0.270 e. The lowest BCUT2D eigenvalue weighted by Gasteiger charge is -2.25. The first-order chi connectivity index (χ1) is 9.42. The Morgan fingerprint density at radius 1 is 1.60 bits per heavy atom. The van der Waals surface area contributed by atoms with Crippen molar-refractivity contribution in [1.82, 2.24) is 4.90 Å². The van der Waals surface area contributed by atoms with Crippen molar-refractivity contribution in [3.05, 3.63) is 33.9 Å². The maximum atomic E-state index is 12.4. The van der Waals surface area contributed by atoms with E-state index in [1.807, 2.05) is 13.2 Å². The van der Waals surface area contributed by atoms with Crippen LogP contribution < -0.4 is 11.3 Å². The number of anilines is 1. The maximum absolute atomic E-state index is 12.4. The molecule has 0 aliphatic rings. The summed E-state index contributed by atoms with van der Waals surface area (Å²) in [6.45, 7) is 1.92. The van der Waals surface area contributed by atoms with Gasteiger partial charge in [0, 0.05) is 31.0 Å². The Bertz CT molecular complexity index is 509. The third-order valence-electron chi connectivity index (χ3n) is 2.99. The van der Waals surface area contributed by atoms with E-state index >= 15 is 0 Å². The van der Waals surface area contributed by atoms with Crippen LogP contribution in [-0.2, 0) is 0 Å². The number of nitrogens with one attached hydrogen (secondary N) is 1. The van der Waals surface area contributed by atoms with Gasteiger partial charge < -0.3 is 10.3 Å². The van der Waals surface area contributed by atoms with Gasteiger partial charge in [-0.05, 0) is 19.2 Å². The number of carbonyl (C=O) groups is 1. The van der Waals surface area contributed by atoms with Crippen LogP contribution in [0.4, 0.5) is 11.4 Å². The zero-order valence-electron chi connectivity index (χ0n) is 11.6. The molecule has 1 atom stereocenters. The minimum absolute atomic E-state index is 0.0161. The summed E-state index contributed by atoms with van der Waals surface area (Å²) in [6.07, 6.45) is 1.95. The number of rotatable bonds is 6. The minimum Gasteiger partial charge on any atom is -0.338 e. The van der Waals surface area contributed by atoms with Gasteiger partial charge in [0.25, 0.3) is 11.6 Å². The van der Waals surface area contributed by atoms with Crippen molar-refractivity contribution < 1.29 is 9.72 Å². The fourth-order valence-electron chi connectivity index (χ4n) is 1.69. The van der Waals surface area contributed by atoms with E-state index in [0.29, 0.717) is 5.69 Å². The zero-order chi connectivity index (χ0) is 15.3. The highest BCUT2D eigenvalue weighted by atomic mass is 32.2. The van der Waals surface area contributed by atoms with Crippen LogP contribution in [-0.4, -0.2) is 40.8 Å². The summed E-state index contributed by atoms with van der Waals surface area (Å²) >= 11 is 1.63. The van der Waals surface area contributed by atoms with E-state index in [4.69, 9.17) is 5.84 Å². The molecule has 0 aliphatic heterocycles. The quantitative estimate of drug-likeness (QED) is 0.471. The molecule has 0 saturated carbocycles. The SMILES string of the molecule is CSCC(C)N(C)C(=O)c1cc([N+](=O)[O-])ccc1NN. The summed E-state index contributed by atoms with van der Waals surface area (Å²) in [7, 11) is 1.67. The second kappa shape index (κ2) is 7.11. The molecule has 1 amide bonds. The fraction of sp³-hybridized carbons (Fsp3) is 0.417. The Balaban J connectivity index is 3.12. The highest BCUT2D eigenvalue weighted by Gasteiger charge is 2.22. The largest absolute Gasteiger partial charge is 0.338 e. The van der Waals surface area contributed by atoms with Gasteiger partial charge in [-0.3, -0.25) is 20.8 Å². The number of carbonyl (C=O) groups excluding carboxylic acids is 1. The number of amides is 1. The van der Waals surface area contributed by atoms with Crippen molar-refractivity contribution in [3.8, 4) is 0 Å². The first-order valence-corrected chi connectivity index (χ1v) is 7.32. The van der Waals surface area contributed by atoms with Crippen molar-refractivity contribution in [1.29, 1.82) is 0 Å². The average Bonchev–Trinajstić information content (AvgIpc) is 2.45. The second-order valence-electron chi connectivity index (χ2n) is 4.35. The first-order valence-electron chi connectivity index (χ1n) is 5.93. The molecule has 0 aliphatic carbocycles. The van der Waals surface area contributed by atoms with Gasteiger partial charge in [0.05, 0.1) is 16.2 Å². The number of nitro benzene ring substituents is 1. The fourth-order valence-corrected chi connectivity index (χ4v) is 2.40. The van der Waals surface area contributed by atoms with Crippen LogP contribution in [0.15, 0.2) is 18.2 Å². The standard InChI is InChI=1S/C12H18N4O3S/c1-8(7-20-3)15(2)12(17)10-6-9(16(18)19)4-5-11(10)14-13/h4-6,8,14H,7,13H2,1-3H3. The van der Waals surface area contributed by atoms with E-state index < -0.39 is 4.92 Å². The number of hydrogen-bond donors (Lipinski definition) is 2. The Morgan fingerprint density at radius 3 is 2.75 bits per heavy atom. The number of hydrazine groups is 1. The van der Waals surface area contributed by atoms with Crippen molar-refractivity contribution >= 4 is 29.0 Å². The number of thioether (sulfide) groups is 1. The molecule has 1 aromatic rings. The number of benzene rings is 1. The predicted molar refractivity (Wildman–Crippen MR) is 80.8 cm³/mol. The van der Waals surface area contributed by atoms with E-state index in [1.165, 1.54) is 18.2 Å². The van der Waals surface area contributed by atoms with Gasteiger partial charge in [-0.25, -0.2) is 0 Å². The predicted octanol–water partition coefficient (Wildman–Crippen LogP) is 1.70. The molecule has 0 aromatic heterocycles. The maximum Gasteiger partial charge on any atom is 0.270 e. The lowest BCUT2D eigenvalue weighted by atomic mass is 10.1. The van der Waals surface area contributed by atoms with E-state index in [9.17, 15) is 14.9 Å². The molecular weight excluding hydrogens is 280 g/mol. The van der Waals surface area contributed by atoms with E-state index in [1.54, 1.807) is 23.7 Å². The highest BCUT2D eigenvalue weighted by Crippen LogP contribution is 2.23. The molecule has 7 nitrogen and oxygen atoms in total. The number of nitrogen functional groups attached to an aromatic ring is 1. The van der Waals surface area contributed by atoms with Crippen LogP contribution in [0.3, 0.4) is 0 Å². The lowest BCUT2D eigenvalue weighted by molar-refractivity contribution is -0.384. The van der Waals surface area contributed by atoms with Crippen LogP contribution >= 0.6 is 11.8 Å². The highest BCUT2D eigenvalue weighted by molar-refractivity contribution is 7.98. The van der Waals surface area contributed by atoms with Crippen molar-refractivity contribution in [2.45, 2.75) is 13.0 Å². The molecule has 1 rings (SSSR count). The van der Waals surface area contributed by atoms with Crippen molar-refractivity contribution in [2.75, 3.05) is 24.5 Å². The van der Waals surface area contributed by atoms with E-state index in [2.05, 4.69) is 5.43 Å². The molecule has 1 aromatic carbocycles. The molecule has 0 radical (unpaired) electrons. The van der Waals surface area contributed by atoms with Crippen LogP contribution in [0.5, 0.6) is 0 Å². The number of nitrogens with zero attached hydrogens (tertiary/aromatic N) is 2. The monoisotopic (exact) mass is 298 g/mol. The minimum atomic E-state index is -0.539. The molecule has 0 saturated heterocycles. The molecule has 0 heterocycles. The van der Waals surface area contributed by atoms with Crippen LogP contribution in [0.2, 0.25) is 0 Å². The Labute approximate surface area is 121 Å². The van der Waals surface area contributed by atoms with Gasteiger partial charge in [0.2, 0.25) is 0 Å². The molecular formula is C12H18N4O3S. The molecule has 0 spiro atoms. The van der Waals surface area contributed by atoms with E-state index in [0.717, 1.165) is 5.75 Å². The molecule has 0 bridgehead atoms. The van der Waals surface area contributed by atoms with Gasteiger partial charge in [-0.2, -0.15) is 11.8 Å². The molecule has 0 fully saturated rings. The molecule has 8 heteroatoms. The van der Waals surface area contributed by atoms with Gasteiger partial charge >= 0.3 is 0 Å². The van der Waals surface area contributed by atoms with Crippen molar-refractivity contribution in [2.24, 2.45) is 5.84 Å². The molecule has 3 N–H and O–H groups in total. The van der Waals surface area contributed by atoms with Crippen LogP contribution in [0, 0.1) is 10.1 Å². The Kier molecular flexibility index (Phi) is 5.78. The van der Waals surface area contributed by atoms with Gasteiger partial charge in [0.15, 0.2) is 0 Å². The zero-order valence-corrected chi connectivity index (χ0v) is 12.4. The normalized spacial score (nSPS) is 11.8. The average molecular weight is 298 g/mol. The number of nitrogens with two attached hydrogens (primary N) is 1. The third-order valence-corrected chi connectivity index (χ3v) is 3.80. The topological polar surface area (TPSA) is 102 Å². The van der Waals surface area contributed by atoms with E-state index in [-0.39, 0.29) is 23.2 Å². The van der Waals surface area contributed by atoms with Gasteiger partial charge in [-0.1, -0.05) is 0 Å². The first kappa shape index (κ1) is 16.3. The van der Waals surface area contributed by atoms with Crippen LogP contribution in [0.1, 0.15) is 17.3 Å². The summed E-state index contributed by atoms with van der Waals surface area (Å²) in [5, 5.41) is 10.8. The molecule has 110 valence electrons. The third kappa shape index (κ3) is 3.61. The van der Waals surface area contributed by atoms with Crippen LogP contribution in [0.25, 0.3) is 0 Å². The Hall–Kier alpha value is -1.80. The summed E-state index contributed by atoms with van der Waals surface area (Å²) in [6, 6.07) is 3.98. The number of nitro groups is 1. The summed E-state index contributed by atoms with van der Waals surface area (Å²) < 4.78 is 0. The van der Waals surface area contributed by atoms with Gasteiger partial charge in [0.1, 0.15) is 0 Å². The molecule has 20 heavy (non-hydrogen) atoms.